The Labute approximate surface area is 113 Å². The maximum atomic E-state index is 5.46. The van der Waals surface area contributed by atoms with Crippen molar-refractivity contribution in [3.8, 4) is 11.4 Å². The molecule has 2 aromatic heterocycles. The Kier molecular flexibility index (Phi) is 4.06. The van der Waals surface area contributed by atoms with Gasteiger partial charge in [0, 0.05) is 29.2 Å². The van der Waals surface area contributed by atoms with Crippen molar-refractivity contribution in [1.29, 1.82) is 0 Å². The van der Waals surface area contributed by atoms with Gasteiger partial charge < -0.3 is 5.43 Å². The molecule has 5 heteroatoms. The van der Waals surface area contributed by atoms with Gasteiger partial charge in [-0.1, -0.05) is 13.8 Å². The van der Waals surface area contributed by atoms with E-state index in [0.29, 0.717) is 17.6 Å². The number of nitrogens with two attached hydrogens (primary N) is 1. The molecule has 2 rings (SSSR count). The predicted octanol–water partition coefficient (Wildman–Crippen LogP) is 2.33. The predicted molar refractivity (Wildman–Crippen MR) is 76.4 cm³/mol. The summed E-state index contributed by atoms with van der Waals surface area (Å²) in [6, 6.07) is 5.80. The number of aryl methyl sites for hydroxylation is 1. The largest absolute Gasteiger partial charge is 0.308 e. The molecule has 0 aliphatic rings. The van der Waals surface area contributed by atoms with Gasteiger partial charge in [0.15, 0.2) is 5.82 Å². The second kappa shape index (κ2) is 5.75. The zero-order valence-electron chi connectivity index (χ0n) is 11.5. The number of hydrogen-bond donors (Lipinski definition) is 2. The van der Waals surface area contributed by atoms with E-state index in [4.69, 9.17) is 5.84 Å². The van der Waals surface area contributed by atoms with Crippen LogP contribution in [0.25, 0.3) is 11.4 Å². The number of nitrogens with one attached hydrogen (secondary N) is 1. The number of aromatic nitrogens is 3. The van der Waals surface area contributed by atoms with Gasteiger partial charge in [-0.2, -0.15) is 0 Å². The summed E-state index contributed by atoms with van der Waals surface area (Å²) in [7, 11) is 0. The zero-order valence-corrected chi connectivity index (χ0v) is 11.5. The molecule has 3 N–H and O–H groups in total. The van der Waals surface area contributed by atoms with Crippen LogP contribution in [0.2, 0.25) is 0 Å². The van der Waals surface area contributed by atoms with Crippen molar-refractivity contribution < 1.29 is 0 Å². The lowest BCUT2D eigenvalue weighted by Crippen LogP contribution is -2.11. The fourth-order valence-corrected chi connectivity index (χ4v) is 1.82. The first-order chi connectivity index (χ1) is 9.08. The van der Waals surface area contributed by atoms with E-state index in [1.165, 1.54) is 0 Å². The first-order valence-electron chi connectivity index (χ1n) is 6.36. The van der Waals surface area contributed by atoms with Crippen LogP contribution in [0.4, 0.5) is 5.82 Å². The molecule has 0 amide bonds. The van der Waals surface area contributed by atoms with Gasteiger partial charge in [0.05, 0.1) is 0 Å². The van der Waals surface area contributed by atoms with Crippen LogP contribution in [0.3, 0.4) is 0 Å². The average molecular weight is 257 g/mol. The number of rotatable bonds is 4. The Hall–Kier alpha value is -2.01. The summed E-state index contributed by atoms with van der Waals surface area (Å²) in [5, 5.41) is 0. The van der Waals surface area contributed by atoms with Gasteiger partial charge in [-0.05, 0) is 31.4 Å². The highest BCUT2D eigenvalue weighted by Gasteiger charge is 2.08. The number of nitrogens with zero attached hydrogens (tertiary/aromatic N) is 3. The monoisotopic (exact) mass is 257 g/mol. The Morgan fingerprint density at radius 1 is 1.26 bits per heavy atom. The van der Waals surface area contributed by atoms with E-state index in [2.05, 4.69) is 34.2 Å². The highest BCUT2D eigenvalue weighted by Crippen LogP contribution is 2.18. The third-order valence-electron chi connectivity index (χ3n) is 2.71. The van der Waals surface area contributed by atoms with Crippen molar-refractivity contribution >= 4 is 5.82 Å². The second-order valence-corrected chi connectivity index (χ2v) is 5.00. The Bertz CT molecular complexity index is 548. The molecule has 2 aromatic rings. The molecule has 0 bridgehead atoms. The Morgan fingerprint density at radius 2 is 2.05 bits per heavy atom. The van der Waals surface area contributed by atoms with Crippen molar-refractivity contribution in [3.05, 3.63) is 35.8 Å². The fraction of sp³-hybridized carbons (Fsp3) is 0.357. The van der Waals surface area contributed by atoms with Gasteiger partial charge in [-0.15, -0.1) is 0 Å². The number of anilines is 1. The highest BCUT2D eigenvalue weighted by atomic mass is 15.3. The quantitative estimate of drug-likeness (QED) is 0.649. The molecule has 0 atom stereocenters. The van der Waals surface area contributed by atoms with Gasteiger partial charge in [-0.25, -0.2) is 15.8 Å². The molecule has 100 valence electrons. The number of nitrogen functional groups attached to an aromatic ring is 1. The molecule has 5 nitrogen and oxygen atoms in total. The van der Waals surface area contributed by atoms with Gasteiger partial charge in [0.1, 0.15) is 5.82 Å². The molecule has 0 saturated heterocycles. The molecule has 0 fully saturated rings. The second-order valence-electron chi connectivity index (χ2n) is 5.00. The van der Waals surface area contributed by atoms with Crippen molar-refractivity contribution in [1.82, 2.24) is 15.0 Å². The van der Waals surface area contributed by atoms with E-state index in [9.17, 15) is 0 Å². The number of hydrogen-bond acceptors (Lipinski definition) is 5. The van der Waals surface area contributed by atoms with Crippen LogP contribution in [0.15, 0.2) is 24.4 Å². The molecular formula is C14H19N5. The minimum Gasteiger partial charge on any atom is -0.308 e. The topological polar surface area (TPSA) is 76.7 Å². The molecule has 0 aliphatic heterocycles. The van der Waals surface area contributed by atoms with Crippen molar-refractivity contribution in [2.45, 2.75) is 27.2 Å². The van der Waals surface area contributed by atoms with Crippen LogP contribution in [0, 0.1) is 12.8 Å². The highest BCUT2D eigenvalue weighted by molar-refractivity contribution is 5.56. The van der Waals surface area contributed by atoms with Crippen molar-refractivity contribution in [2.75, 3.05) is 5.43 Å². The molecule has 0 unspecified atom stereocenters. The first kappa shape index (κ1) is 13.4. The fourth-order valence-electron chi connectivity index (χ4n) is 1.82. The van der Waals surface area contributed by atoms with Crippen LogP contribution in [-0.2, 0) is 6.42 Å². The van der Waals surface area contributed by atoms with E-state index < -0.39 is 0 Å². The van der Waals surface area contributed by atoms with E-state index in [-0.39, 0.29) is 0 Å². The maximum Gasteiger partial charge on any atom is 0.163 e. The molecule has 0 radical (unpaired) electrons. The van der Waals surface area contributed by atoms with Gasteiger partial charge in [-0.3, -0.25) is 4.98 Å². The van der Waals surface area contributed by atoms with Gasteiger partial charge in [0.25, 0.3) is 0 Å². The summed E-state index contributed by atoms with van der Waals surface area (Å²) in [4.78, 5) is 13.2. The Balaban J connectivity index is 2.41. The average Bonchev–Trinajstić information content (AvgIpc) is 2.38. The van der Waals surface area contributed by atoms with Crippen LogP contribution >= 0.6 is 0 Å². The van der Waals surface area contributed by atoms with Crippen LogP contribution in [0.5, 0.6) is 0 Å². The summed E-state index contributed by atoms with van der Waals surface area (Å²) in [5.74, 6) is 7.27. The SMILES string of the molecule is Cc1ccc(-c2nc(CC(C)C)cc(NN)n2)cn1. The van der Waals surface area contributed by atoms with Crippen LogP contribution < -0.4 is 11.3 Å². The zero-order chi connectivity index (χ0) is 13.8. The Morgan fingerprint density at radius 3 is 2.63 bits per heavy atom. The molecule has 0 spiro atoms. The van der Waals surface area contributed by atoms with Crippen LogP contribution in [-0.4, -0.2) is 15.0 Å². The minimum atomic E-state index is 0.532. The molecule has 0 aromatic carbocycles. The molecule has 0 saturated carbocycles. The summed E-state index contributed by atoms with van der Waals surface area (Å²) >= 11 is 0. The molecule has 0 aliphatic carbocycles. The maximum absolute atomic E-state index is 5.46. The normalized spacial score (nSPS) is 10.8. The minimum absolute atomic E-state index is 0.532. The van der Waals surface area contributed by atoms with Crippen LogP contribution in [0.1, 0.15) is 25.2 Å². The smallest absolute Gasteiger partial charge is 0.163 e. The molecular weight excluding hydrogens is 238 g/mol. The molecule has 19 heavy (non-hydrogen) atoms. The van der Waals surface area contributed by atoms with E-state index in [0.717, 1.165) is 23.4 Å². The summed E-state index contributed by atoms with van der Waals surface area (Å²) in [6.07, 6.45) is 2.67. The third-order valence-corrected chi connectivity index (χ3v) is 2.71. The third kappa shape index (κ3) is 3.48. The lowest BCUT2D eigenvalue weighted by atomic mass is 10.1. The lowest BCUT2D eigenvalue weighted by Gasteiger charge is -2.09. The van der Waals surface area contributed by atoms with E-state index in [1.807, 2.05) is 25.1 Å². The van der Waals surface area contributed by atoms with E-state index >= 15 is 0 Å². The first-order valence-corrected chi connectivity index (χ1v) is 6.36. The summed E-state index contributed by atoms with van der Waals surface area (Å²) < 4.78 is 0. The van der Waals surface area contributed by atoms with Gasteiger partial charge in [0.2, 0.25) is 0 Å². The van der Waals surface area contributed by atoms with Gasteiger partial charge >= 0.3 is 0 Å². The number of pyridine rings is 1. The van der Waals surface area contributed by atoms with Crippen molar-refractivity contribution in [3.63, 3.8) is 0 Å². The van der Waals surface area contributed by atoms with Crippen molar-refractivity contribution in [2.24, 2.45) is 11.8 Å². The number of hydrazine groups is 1. The summed E-state index contributed by atoms with van der Waals surface area (Å²) in [5.41, 5.74) is 5.44. The lowest BCUT2D eigenvalue weighted by molar-refractivity contribution is 0.635. The summed E-state index contributed by atoms with van der Waals surface area (Å²) in [6.45, 7) is 6.27. The molecule has 2 heterocycles. The standard InChI is InChI=1S/C14H19N5/c1-9(2)6-12-7-13(19-15)18-14(17-12)11-5-4-10(3)16-8-11/h4-5,7-9H,6,15H2,1-3H3,(H,17,18,19). The van der Waals surface area contributed by atoms with E-state index in [1.54, 1.807) is 6.20 Å².